The topological polar surface area (TPSA) is 136 Å². The van der Waals surface area contributed by atoms with Gasteiger partial charge in [0.25, 0.3) is 17.4 Å². The number of carbonyl (C=O) groups excluding carboxylic acids is 2. The monoisotopic (exact) mass is 818 g/mol. The highest BCUT2D eigenvalue weighted by Gasteiger charge is 2.62. The van der Waals surface area contributed by atoms with Gasteiger partial charge in [0, 0.05) is 63.5 Å². The molecule has 0 saturated carbocycles. The Labute approximate surface area is 334 Å². The summed E-state index contributed by atoms with van der Waals surface area (Å²) in [7, 11) is 6.15. The molecule has 4 saturated heterocycles. The van der Waals surface area contributed by atoms with Crippen molar-refractivity contribution >= 4 is 45.1 Å². The fourth-order valence-corrected chi connectivity index (χ4v) is 9.31. The lowest BCUT2D eigenvalue weighted by atomic mass is 9.69. The number of para-hydroxylation sites is 1. The number of imidazole rings is 1. The van der Waals surface area contributed by atoms with Crippen LogP contribution >= 0.6 is 0 Å². The minimum absolute atomic E-state index is 0.0665. The van der Waals surface area contributed by atoms with Crippen LogP contribution in [-0.4, -0.2) is 101 Å². The zero-order chi connectivity index (χ0) is 41.8. The first-order valence-corrected chi connectivity index (χ1v) is 19.3. The molecule has 59 heavy (non-hydrogen) atoms. The summed E-state index contributed by atoms with van der Waals surface area (Å²) >= 11 is 0. The molecule has 5 aromatic rings. The average molecular weight is 819 g/mol. The van der Waals surface area contributed by atoms with Crippen LogP contribution in [-0.2, 0) is 30.2 Å². The van der Waals surface area contributed by atoms with Crippen LogP contribution in [0.3, 0.4) is 0 Å². The number of aromatic nitrogens is 4. The van der Waals surface area contributed by atoms with E-state index in [1.54, 1.807) is 61.6 Å². The quantitative estimate of drug-likeness (QED) is 0.181. The third-order valence-corrected chi connectivity index (χ3v) is 12.6. The van der Waals surface area contributed by atoms with E-state index in [1.807, 2.05) is 4.90 Å². The van der Waals surface area contributed by atoms with E-state index in [1.165, 1.54) is 39.0 Å². The number of ether oxygens (including phenoxy) is 2. The van der Waals surface area contributed by atoms with Gasteiger partial charge < -0.3 is 23.8 Å². The van der Waals surface area contributed by atoms with Gasteiger partial charge in [-0.05, 0) is 55.3 Å². The summed E-state index contributed by atoms with van der Waals surface area (Å²) < 4.78 is 76.1. The number of fused-ring (bicyclic) bond motifs is 2. The van der Waals surface area contributed by atoms with Crippen molar-refractivity contribution in [2.24, 2.45) is 19.5 Å². The van der Waals surface area contributed by atoms with Crippen LogP contribution < -0.4 is 35.8 Å². The number of methoxy groups -OCH3 is 2. The van der Waals surface area contributed by atoms with Gasteiger partial charge in [0.1, 0.15) is 23.4 Å². The Kier molecular flexibility index (Phi) is 8.88. The minimum Gasteiger partial charge on any atom is -0.496 e. The highest BCUT2D eigenvalue weighted by Crippen LogP contribution is 2.52. The second-order valence-corrected chi connectivity index (χ2v) is 16.2. The van der Waals surface area contributed by atoms with Crippen molar-refractivity contribution in [3.05, 3.63) is 75.2 Å². The highest BCUT2D eigenvalue weighted by molar-refractivity contribution is 6.01. The van der Waals surface area contributed by atoms with Crippen molar-refractivity contribution in [2.75, 3.05) is 63.3 Å². The minimum atomic E-state index is -3.08. The van der Waals surface area contributed by atoms with Crippen molar-refractivity contribution in [2.45, 2.75) is 43.7 Å². The molecular weight excluding hydrogens is 776 g/mol. The first-order valence-electron chi connectivity index (χ1n) is 19.3. The summed E-state index contributed by atoms with van der Waals surface area (Å²) in [6, 6.07) is 9.52. The standard InChI is InChI=1S/C41H42F4N8O6/c1-48-16-26(24-14-33(46-15-25(24)37(48)56)52-20-40(42,43)21-52)23-12-31(58-3)27(32(13-23)59-4)17-50-11-10-39(41(44,45)22-50)18-51(19-39)28-6-5-7-29-35(28)49(2)38(57)53(29)30-8-9-34(54)47-36(30)55/h5-7,12-16,30H,8-11,17-22H2,1-4H3,(H,47,54,55). The number of hydrogen-bond donors (Lipinski definition) is 1. The maximum Gasteiger partial charge on any atom is 0.329 e. The summed E-state index contributed by atoms with van der Waals surface area (Å²) in [4.78, 5) is 60.4. The molecule has 4 fully saturated rings. The van der Waals surface area contributed by atoms with Gasteiger partial charge in [-0.3, -0.25) is 33.7 Å². The summed E-state index contributed by atoms with van der Waals surface area (Å²) in [6.45, 7) is -0.864. The van der Waals surface area contributed by atoms with Gasteiger partial charge >= 0.3 is 5.69 Å². The third kappa shape index (κ3) is 6.12. The molecule has 18 heteroatoms. The number of benzene rings is 2. The molecule has 0 bridgehead atoms. The third-order valence-electron chi connectivity index (χ3n) is 12.6. The van der Waals surface area contributed by atoms with Crippen molar-refractivity contribution in [3.8, 4) is 22.6 Å². The molecule has 14 nitrogen and oxygen atoms in total. The number of anilines is 2. The second kappa shape index (κ2) is 13.6. The highest BCUT2D eigenvalue weighted by atomic mass is 19.3. The number of piperidine rings is 2. The Balaban J connectivity index is 0.959. The lowest BCUT2D eigenvalue weighted by molar-refractivity contribution is -0.181. The van der Waals surface area contributed by atoms with Crippen molar-refractivity contribution in [3.63, 3.8) is 0 Å². The Hall–Kier alpha value is -5.91. The van der Waals surface area contributed by atoms with E-state index in [-0.39, 0.29) is 44.5 Å². The number of amides is 2. The number of pyridine rings is 2. The molecule has 4 aliphatic rings. The van der Waals surface area contributed by atoms with E-state index in [0.717, 1.165) is 0 Å². The van der Waals surface area contributed by atoms with Crippen LogP contribution in [0.15, 0.2) is 58.4 Å². The number of halogens is 4. The molecule has 9 rings (SSSR count). The summed E-state index contributed by atoms with van der Waals surface area (Å²) in [5, 5.41) is 3.11. The number of rotatable bonds is 8. The number of alkyl halides is 4. The van der Waals surface area contributed by atoms with E-state index in [2.05, 4.69) is 10.3 Å². The molecule has 1 spiro atoms. The molecule has 310 valence electrons. The first kappa shape index (κ1) is 38.6. The summed E-state index contributed by atoms with van der Waals surface area (Å²) in [5.74, 6) is -5.74. The zero-order valence-corrected chi connectivity index (χ0v) is 32.9. The SMILES string of the molecule is COc1cc(-c2cn(C)c(=O)c3cnc(N4CC(F)(F)C4)cc23)cc(OC)c1CN1CCC2(CN(c3cccc4c3n(C)c(=O)n4C3CCC(=O)NC3=O)C2)C(F)(F)C1. The van der Waals surface area contributed by atoms with Crippen LogP contribution in [0.2, 0.25) is 0 Å². The van der Waals surface area contributed by atoms with E-state index in [0.29, 0.717) is 68.0 Å². The second-order valence-electron chi connectivity index (χ2n) is 16.2. The van der Waals surface area contributed by atoms with E-state index in [4.69, 9.17) is 9.47 Å². The predicted octanol–water partition coefficient (Wildman–Crippen LogP) is 4.05. The first-order chi connectivity index (χ1) is 28.0. The van der Waals surface area contributed by atoms with Crippen LogP contribution in [0, 0.1) is 5.41 Å². The Morgan fingerprint density at radius 1 is 0.898 bits per heavy atom. The van der Waals surface area contributed by atoms with Gasteiger partial charge in [-0.25, -0.2) is 27.3 Å². The van der Waals surface area contributed by atoms with Crippen LogP contribution in [0.4, 0.5) is 29.1 Å². The molecule has 0 radical (unpaired) electrons. The largest absolute Gasteiger partial charge is 0.496 e. The van der Waals surface area contributed by atoms with Crippen molar-refractivity contribution < 1.29 is 36.6 Å². The summed E-state index contributed by atoms with van der Waals surface area (Å²) in [6.07, 6.45) is 3.53. The van der Waals surface area contributed by atoms with Gasteiger partial charge in [0.15, 0.2) is 0 Å². The molecule has 2 aromatic carbocycles. The van der Waals surface area contributed by atoms with Crippen molar-refractivity contribution in [1.29, 1.82) is 0 Å². The maximum absolute atomic E-state index is 16.4. The fourth-order valence-electron chi connectivity index (χ4n) is 9.31. The van der Waals surface area contributed by atoms with Gasteiger partial charge in [-0.15, -0.1) is 0 Å². The van der Waals surface area contributed by atoms with Gasteiger partial charge in [-0.2, -0.15) is 0 Å². The number of carbonyl (C=O) groups is 2. The van der Waals surface area contributed by atoms with E-state index >= 15 is 8.78 Å². The molecule has 1 unspecified atom stereocenters. The molecule has 0 aliphatic carbocycles. The predicted molar refractivity (Wildman–Crippen MR) is 211 cm³/mol. The van der Waals surface area contributed by atoms with Crippen LogP contribution in [0.5, 0.6) is 11.5 Å². The summed E-state index contributed by atoms with van der Waals surface area (Å²) in [5.41, 5.74) is 1.37. The molecule has 1 N–H and O–H groups in total. The Morgan fingerprint density at radius 3 is 2.25 bits per heavy atom. The molecule has 4 aliphatic heterocycles. The zero-order valence-electron chi connectivity index (χ0n) is 32.9. The molecule has 2 amide bonds. The lowest BCUT2D eigenvalue weighted by Crippen LogP contribution is -2.70. The van der Waals surface area contributed by atoms with Crippen LogP contribution in [0.1, 0.15) is 30.9 Å². The number of aryl methyl sites for hydroxylation is 2. The van der Waals surface area contributed by atoms with Gasteiger partial charge in [0.05, 0.1) is 66.9 Å². The lowest BCUT2D eigenvalue weighted by Gasteiger charge is -2.58. The van der Waals surface area contributed by atoms with E-state index in [9.17, 15) is 28.0 Å². The maximum atomic E-state index is 16.4. The van der Waals surface area contributed by atoms with E-state index < -0.39 is 60.4 Å². The van der Waals surface area contributed by atoms with Crippen LogP contribution in [0.25, 0.3) is 32.9 Å². The number of nitrogens with zero attached hydrogens (tertiary/aromatic N) is 7. The van der Waals surface area contributed by atoms with Gasteiger partial charge in [0.2, 0.25) is 11.8 Å². The fraction of sp³-hybridized carbons (Fsp3) is 0.439. The smallest absolute Gasteiger partial charge is 0.329 e. The van der Waals surface area contributed by atoms with Gasteiger partial charge in [-0.1, -0.05) is 6.07 Å². The van der Waals surface area contributed by atoms with Crippen molar-refractivity contribution in [1.82, 2.24) is 28.9 Å². The number of nitrogens with one attached hydrogen (secondary N) is 1. The number of likely N-dealkylation sites (tertiary alicyclic amines) is 1. The number of hydrogen-bond acceptors (Lipinski definition) is 10. The normalized spacial score (nSPS) is 21.1. The average Bonchev–Trinajstić information content (AvgIpc) is 3.42. The molecule has 3 aromatic heterocycles. The Bertz CT molecular complexity index is 2670. The number of imide groups is 1. The molecule has 7 heterocycles. The molecular formula is C41H42F4N8O6. The Morgan fingerprint density at radius 2 is 1.61 bits per heavy atom. The molecule has 1 atom stereocenters.